The Bertz CT molecular complexity index is 1290. The van der Waals surface area contributed by atoms with Gasteiger partial charge in [-0.05, 0) is 80.5 Å². The van der Waals surface area contributed by atoms with Gasteiger partial charge in [0.1, 0.15) is 0 Å². The first-order chi connectivity index (χ1) is 15.1. The number of sulfonamides is 1. The number of hydrogen-bond acceptors (Lipinski definition) is 4. The van der Waals surface area contributed by atoms with Gasteiger partial charge in [-0.1, -0.05) is 6.07 Å². The summed E-state index contributed by atoms with van der Waals surface area (Å²) in [5, 5.41) is 4.08. The molecule has 9 heteroatoms. The van der Waals surface area contributed by atoms with Crippen molar-refractivity contribution in [2.45, 2.75) is 32.9 Å². The van der Waals surface area contributed by atoms with Gasteiger partial charge in [-0.25, -0.2) is 8.42 Å². The molecule has 3 aromatic rings. The molecule has 0 unspecified atom stereocenters. The zero-order chi connectivity index (χ0) is 23.2. The van der Waals surface area contributed by atoms with Crippen molar-refractivity contribution in [1.29, 1.82) is 0 Å². The van der Waals surface area contributed by atoms with Gasteiger partial charge in [0.05, 0.1) is 29.7 Å². The summed E-state index contributed by atoms with van der Waals surface area (Å²) in [5.41, 5.74) is 6.68. The van der Waals surface area contributed by atoms with E-state index in [4.69, 9.17) is 12.2 Å². The standard InChI is InChI=1S/C23H27N5O2S2/c1-14-12-17(9-10-19(14)26-32(5,29)30)28-22(18-13-15(2)27(4)16(18)3)21(25-23(28)31)20-8-6-7-11-24-20/h6-13,21-22,26H,1-5H3,(H,25,31)/t21-,22+/m1/s1. The molecule has 0 spiro atoms. The quantitative estimate of drug-likeness (QED) is 0.552. The normalized spacial score (nSPS) is 18.7. The molecule has 0 amide bonds. The van der Waals surface area contributed by atoms with E-state index in [0.717, 1.165) is 28.9 Å². The second-order valence-electron chi connectivity index (χ2n) is 8.26. The van der Waals surface area contributed by atoms with E-state index in [2.05, 4.69) is 51.5 Å². The largest absolute Gasteiger partial charge is 0.352 e. The number of pyridine rings is 1. The van der Waals surface area contributed by atoms with Gasteiger partial charge in [-0.2, -0.15) is 0 Å². The number of thiocarbonyl (C=S) groups is 1. The second kappa shape index (κ2) is 8.22. The van der Waals surface area contributed by atoms with Gasteiger partial charge in [-0.15, -0.1) is 0 Å². The zero-order valence-electron chi connectivity index (χ0n) is 18.7. The van der Waals surface area contributed by atoms with Crippen molar-refractivity contribution < 1.29 is 8.42 Å². The lowest BCUT2D eigenvalue weighted by Crippen LogP contribution is -2.29. The molecular formula is C23H27N5O2S2. The molecule has 0 bridgehead atoms. The van der Waals surface area contributed by atoms with Crippen LogP contribution in [0.2, 0.25) is 0 Å². The number of anilines is 2. The second-order valence-corrected chi connectivity index (χ2v) is 10.4. The van der Waals surface area contributed by atoms with Crippen LogP contribution >= 0.6 is 12.2 Å². The van der Waals surface area contributed by atoms with Crippen molar-refractivity contribution >= 4 is 38.7 Å². The summed E-state index contributed by atoms with van der Waals surface area (Å²) in [7, 11) is -1.30. The van der Waals surface area contributed by atoms with Crippen LogP contribution in [0.4, 0.5) is 11.4 Å². The lowest BCUT2D eigenvalue weighted by Gasteiger charge is -2.28. The Balaban J connectivity index is 1.83. The smallest absolute Gasteiger partial charge is 0.229 e. The van der Waals surface area contributed by atoms with Crippen molar-refractivity contribution in [3.63, 3.8) is 0 Å². The molecule has 1 aliphatic heterocycles. The van der Waals surface area contributed by atoms with E-state index in [9.17, 15) is 8.42 Å². The summed E-state index contributed by atoms with van der Waals surface area (Å²) in [6.07, 6.45) is 2.94. The van der Waals surface area contributed by atoms with Crippen LogP contribution < -0.4 is 14.9 Å². The highest BCUT2D eigenvalue weighted by Crippen LogP contribution is 2.43. The first-order valence-corrected chi connectivity index (χ1v) is 12.6. The van der Waals surface area contributed by atoms with Crippen LogP contribution in [0.1, 0.15) is 40.3 Å². The molecule has 2 N–H and O–H groups in total. The fourth-order valence-electron chi connectivity index (χ4n) is 4.24. The molecule has 168 valence electrons. The molecule has 2 aromatic heterocycles. The van der Waals surface area contributed by atoms with E-state index in [1.807, 2.05) is 37.3 Å². The van der Waals surface area contributed by atoms with Gasteiger partial charge >= 0.3 is 0 Å². The Morgan fingerprint density at radius 2 is 1.88 bits per heavy atom. The summed E-state index contributed by atoms with van der Waals surface area (Å²) >= 11 is 5.79. The number of nitrogens with zero attached hydrogens (tertiary/aromatic N) is 3. The molecular weight excluding hydrogens is 442 g/mol. The molecule has 0 radical (unpaired) electrons. The topological polar surface area (TPSA) is 79.3 Å². The number of aryl methyl sites for hydroxylation is 2. The predicted octanol–water partition coefficient (Wildman–Crippen LogP) is 3.89. The van der Waals surface area contributed by atoms with Crippen LogP contribution in [0.25, 0.3) is 0 Å². The van der Waals surface area contributed by atoms with Gasteiger partial charge in [-0.3, -0.25) is 9.71 Å². The van der Waals surface area contributed by atoms with Crippen LogP contribution in [0.15, 0.2) is 48.7 Å². The summed E-state index contributed by atoms with van der Waals surface area (Å²) in [6, 6.07) is 13.5. The summed E-state index contributed by atoms with van der Waals surface area (Å²) in [6.45, 7) is 6.08. The molecule has 3 heterocycles. The molecule has 1 fully saturated rings. The first-order valence-electron chi connectivity index (χ1n) is 10.3. The molecule has 32 heavy (non-hydrogen) atoms. The maximum absolute atomic E-state index is 11.7. The van der Waals surface area contributed by atoms with Crippen molar-refractivity contribution in [3.05, 3.63) is 76.9 Å². The van der Waals surface area contributed by atoms with Crippen LogP contribution in [0.3, 0.4) is 0 Å². The zero-order valence-corrected chi connectivity index (χ0v) is 20.4. The van der Waals surface area contributed by atoms with E-state index in [-0.39, 0.29) is 12.1 Å². The molecule has 1 saturated heterocycles. The molecule has 4 rings (SSSR count). The molecule has 2 atom stereocenters. The van der Waals surface area contributed by atoms with Crippen LogP contribution in [0, 0.1) is 20.8 Å². The Morgan fingerprint density at radius 3 is 2.44 bits per heavy atom. The van der Waals surface area contributed by atoms with Gasteiger partial charge in [0.25, 0.3) is 0 Å². The summed E-state index contributed by atoms with van der Waals surface area (Å²) in [5.74, 6) is 0. The average Bonchev–Trinajstić information content (AvgIpc) is 3.20. The van der Waals surface area contributed by atoms with E-state index < -0.39 is 10.0 Å². The van der Waals surface area contributed by atoms with E-state index in [1.165, 1.54) is 11.3 Å². The number of rotatable bonds is 5. The van der Waals surface area contributed by atoms with E-state index >= 15 is 0 Å². The fourth-order valence-corrected chi connectivity index (χ4v) is 5.22. The Labute approximate surface area is 194 Å². The minimum atomic E-state index is -3.36. The minimum Gasteiger partial charge on any atom is -0.352 e. The fraction of sp³-hybridized carbons (Fsp3) is 0.304. The molecule has 1 aromatic carbocycles. The van der Waals surface area contributed by atoms with Gasteiger partial charge in [0.15, 0.2) is 5.11 Å². The van der Waals surface area contributed by atoms with Gasteiger partial charge < -0.3 is 14.8 Å². The third kappa shape index (κ3) is 4.10. The van der Waals surface area contributed by atoms with Crippen LogP contribution in [-0.4, -0.2) is 29.3 Å². The lowest BCUT2D eigenvalue weighted by atomic mass is 9.96. The van der Waals surface area contributed by atoms with E-state index in [1.54, 1.807) is 12.3 Å². The summed E-state index contributed by atoms with van der Waals surface area (Å²) in [4.78, 5) is 6.70. The minimum absolute atomic E-state index is 0.106. The van der Waals surface area contributed by atoms with Crippen molar-refractivity contribution in [2.24, 2.45) is 7.05 Å². The van der Waals surface area contributed by atoms with Crippen molar-refractivity contribution in [1.82, 2.24) is 14.9 Å². The maximum Gasteiger partial charge on any atom is 0.229 e. The average molecular weight is 470 g/mol. The monoisotopic (exact) mass is 469 g/mol. The third-order valence-electron chi connectivity index (χ3n) is 6.01. The Hall–Kier alpha value is -2.91. The molecule has 7 nitrogen and oxygen atoms in total. The van der Waals surface area contributed by atoms with Crippen molar-refractivity contribution in [2.75, 3.05) is 15.9 Å². The SMILES string of the molecule is Cc1cc(N2C(=S)N[C@H](c3ccccn3)[C@@H]2c2cc(C)n(C)c2C)ccc1NS(C)(=O)=O. The summed E-state index contributed by atoms with van der Waals surface area (Å²) < 4.78 is 28.1. The van der Waals surface area contributed by atoms with Crippen molar-refractivity contribution in [3.8, 4) is 0 Å². The lowest BCUT2D eigenvalue weighted by molar-refractivity contribution is 0.564. The highest BCUT2D eigenvalue weighted by molar-refractivity contribution is 7.92. The third-order valence-corrected chi connectivity index (χ3v) is 6.92. The highest BCUT2D eigenvalue weighted by Gasteiger charge is 2.42. The number of nitrogens with one attached hydrogen (secondary N) is 2. The maximum atomic E-state index is 11.7. The molecule has 1 aliphatic rings. The first kappa shape index (κ1) is 22.3. The van der Waals surface area contributed by atoms with E-state index in [0.29, 0.717) is 10.8 Å². The molecule has 0 saturated carbocycles. The predicted molar refractivity (Wildman–Crippen MR) is 132 cm³/mol. The Kier molecular flexibility index (Phi) is 5.72. The number of hydrogen-bond donors (Lipinski definition) is 2. The number of aromatic nitrogens is 2. The van der Waals surface area contributed by atoms with Crippen LogP contribution in [0.5, 0.6) is 0 Å². The number of benzene rings is 1. The van der Waals surface area contributed by atoms with Gasteiger partial charge in [0.2, 0.25) is 10.0 Å². The molecule has 0 aliphatic carbocycles. The van der Waals surface area contributed by atoms with Gasteiger partial charge in [0, 0.05) is 30.3 Å². The Morgan fingerprint density at radius 1 is 1.12 bits per heavy atom. The van der Waals surface area contributed by atoms with Crippen LogP contribution in [-0.2, 0) is 17.1 Å². The highest BCUT2D eigenvalue weighted by atomic mass is 32.2.